The molecule has 1 aromatic heterocycles. The zero-order valence-corrected chi connectivity index (χ0v) is 11.1. The summed E-state index contributed by atoms with van der Waals surface area (Å²) < 4.78 is 10.3. The van der Waals surface area contributed by atoms with E-state index in [0.717, 1.165) is 18.4 Å². The van der Waals surface area contributed by atoms with E-state index in [1.807, 2.05) is 0 Å². The van der Waals surface area contributed by atoms with Crippen LogP contribution in [0.15, 0.2) is 33.5 Å². The number of Topliss-reactive ketones (excluding diaryl/α,β-unsaturated/α-hetero) is 1. The molecule has 1 N–H and O–H groups in total. The van der Waals surface area contributed by atoms with Crippen LogP contribution < -0.4 is 15.7 Å². The van der Waals surface area contributed by atoms with E-state index in [1.54, 1.807) is 31.4 Å². The van der Waals surface area contributed by atoms with Crippen molar-refractivity contribution >= 4 is 16.8 Å². The zero-order valence-electron chi connectivity index (χ0n) is 11.1. The normalized spacial score (nSPS) is 18.4. The summed E-state index contributed by atoms with van der Waals surface area (Å²) in [7, 11) is 1.55. The number of rotatable bonds is 3. The maximum Gasteiger partial charge on any atom is 0.347 e. The molecular formula is C15H15NO4. The first-order valence-corrected chi connectivity index (χ1v) is 6.56. The Kier molecular flexibility index (Phi) is 3.28. The number of ketones is 1. The number of carbonyl (C=O) groups excluding carboxylic acids is 1. The average Bonchev–Trinajstić information content (AvgIpc) is 2.99. The fourth-order valence-electron chi connectivity index (χ4n) is 2.49. The number of nitrogens with one attached hydrogen (secondary N) is 1. The van der Waals surface area contributed by atoms with E-state index in [9.17, 15) is 9.59 Å². The Labute approximate surface area is 115 Å². The van der Waals surface area contributed by atoms with Crippen molar-refractivity contribution < 1.29 is 13.9 Å². The molecule has 3 rings (SSSR count). The van der Waals surface area contributed by atoms with Gasteiger partial charge in [-0.3, -0.25) is 4.79 Å². The monoisotopic (exact) mass is 273 g/mol. The molecule has 1 unspecified atom stereocenters. The summed E-state index contributed by atoms with van der Waals surface area (Å²) in [5.41, 5.74) is -0.0190. The van der Waals surface area contributed by atoms with Crippen LogP contribution in [0.5, 0.6) is 5.75 Å². The standard InChI is InChI=1S/C15H15NO4/c1-19-11-3-2-9-6-12(15(18)20-13(9)7-11)14(17)10-4-5-16-8-10/h2-3,6-7,10,16H,4-5,8H2,1H3. The third-order valence-corrected chi connectivity index (χ3v) is 3.64. The predicted molar refractivity (Wildman–Crippen MR) is 74.3 cm³/mol. The van der Waals surface area contributed by atoms with Crippen molar-refractivity contribution in [2.45, 2.75) is 6.42 Å². The van der Waals surface area contributed by atoms with Gasteiger partial charge in [-0.2, -0.15) is 0 Å². The number of methoxy groups -OCH3 is 1. The van der Waals surface area contributed by atoms with Gasteiger partial charge in [0.05, 0.1) is 7.11 Å². The highest BCUT2D eigenvalue weighted by atomic mass is 16.5. The molecule has 1 saturated heterocycles. The molecule has 1 fully saturated rings. The molecular weight excluding hydrogens is 258 g/mol. The molecule has 1 aliphatic rings. The van der Waals surface area contributed by atoms with Gasteiger partial charge in [0.1, 0.15) is 16.9 Å². The zero-order chi connectivity index (χ0) is 14.1. The molecule has 20 heavy (non-hydrogen) atoms. The highest BCUT2D eigenvalue weighted by Crippen LogP contribution is 2.22. The molecule has 0 amide bonds. The van der Waals surface area contributed by atoms with Gasteiger partial charge >= 0.3 is 5.63 Å². The quantitative estimate of drug-likeness (QED) is 0.679. The Hall–Kier alpha value is -2.14. The number of carbonyl (C=O) groups is 1. The minimum Gasteiger partial charge on any atom is -0.497 e. The van der Waals surface area contributed by atoms with Gasteiger partial charge in [0.15, 0.2) is 5.78 Å². The van der Waals surface area contributed by atoms with E-state index in [1.165, 1.54) is 0 Å². The summed E-state index contributed by atoms with van der Waals surface area (Å²) >= 11 is 0. The van der Waals surface area contributed by atoms with E-state index >= 15 is 0 Å². The Balaban J connectivity index is 2.05. The van der Waals surface area contributed by atoms with Crippen molar-refractivity contribution in [2.75, 3.05) is 20.2 Å². The molecule has 0 spiro atoms. The lowest BCUT2D eigenvalue weighted by Crippen LogP contribution is -2.23. The van der Waals surface area contributed by atoms with Gasteiger partial charge < -0.3 is 14.5 Å². The highest BCUT2D eigenvalue weighted by molar-refractivity contribution is 6.00. The van der Waals surface area contributed by atoms with Crippen molar-refractivity contribution in [3.8, 4) is 5.75 Å². The second kappa shape index (κ2) is 5.09. The minimum atomic E-state index is -0.581. The molecule has 0 bridgehead atoms. The molecule has 5 heteroatoms. The summed E-state index contributed by atoms with van der Waals surface area (Å²) in [6.07, 6.45) is 0.763. The smallest absolute Gasteiger partial charge is 0.347 e. The van der Waals surface area contributed by atoms with Gasteiger partial charge in [-0.15, -0.1) is 0 Å². The van der Waals surface area contributed by atoms with Gasteiger partial charge in [-0.25, -0.2) is 4.79 Å². The third-order valence-electron chi connectivity index (χ3n) is 3.64. The van der Waals surface area contributed by atoms with Crippen LogP contribution in [0.3, 0.4) is 0 Å². The number of ether oxygens (including phenoxy) is 1. The molecule has 1 atom stereocenters. The van der Waals surface area contributed by atoms with Crippen LogP contribution in [0, 0.1) is 5.92 Å². The summed E-state index contributed by atoms with van der Waals surface area (Å²) in [6.45, 7) is 1.44. The Morgan fingerprint density at radius 3 is 2.95 bits per heavy atom. The second-order valence-corrected chi connectivity index (χ2v) is 4.91. The molecule has 1 aliphatic heterocycles. The SMILES string of the molecule is COc1ccc2cc(C(=O)C3CCNC3)c(=O)oc2c1. The van der Waals surface area contributed by atoms with Crippen molar-refractivity contribution in [3.05, 3.63) is 40.2 Å². The molecule has 0 radical (unpaired) electrons. The third kappa shape index (κ3) is 2.20. The first kappa shape index (κ1) is 12.9. The first-order chi connectivity index (χ1) is 9.69. The maximum atomic E-state index is 12.3. The lowest BCUT2D eigenvalue weighted by molar-refractivity contribution is 0.0927. The van der Waals surface area contributed by atoms with Crippen molar-refractivity contribution in [1.29, 1.82) is 0 Å². The van der Waals surface area contributed by atoms with Crippen molar-refractivity contribution in [1.82, 2.24) is 5.32 Å². The van der Waals surface area contributed by atoms with E-state index in [0.29, 0.717) is 17.9 Å². The maximum absolute atomic E-state index is 12.3. The fourth-order valence-corrected chi connectivity index (χ4v) is 2.49. The van der Waals surface area contributed by atoms with Crippen LogP contribution >= 0.6 is 0 Å². The van der Waals surface area contributed by atoms with Gasteiger partial charge in [0.25, 0.3) is 0 Å². The van der Waals surface area contributed by atoms with Crippen LogP contribution in [0.1, 0.15) is 16.8 Å². The number of benzene rings is 1. The molecule has 0 saturated carbocycles. The van der Waals surface area contributed by atoms with Crippen LogP contribution in [0.4, 0.5) is 0 Å². The van der Waals surface area contributed by atoms with Crippen molar-refractivity contribution in [3.63, 3.8) is 0 Å². The summed E-state index contributed by atoms with van der Waals surface area (Å²) in [6, 6.07) is 6.80. The Morgan fingerprint density at radius 2 is 2.25 bits per heavy atom. The average molecular weight is 273 g/mol. The van der Waals surface area contributed by atoms with Crippen molar-refractivity contribution in [2.24, 2.45) is 5.92 Å². The van der Waals surface area contributed by atoms with E-state index < -0.39 is 5.63 Å². The highest BCUT2D eigenvalue weighted by Gasteiger charge is 2.26. The molecule has 1 aromatic carbocycles. The first-order valence-electron chi connectivity index (χ1n) is 6.56. The van der Waals surface area contributed by atoms with Gasteiger partial charge in [0.2, 0.25) is 0 Å². The van der Waals surface area contributed by atoms with E-state index in [4.69, 9.17) is 9.15 Å². The summed E-state index contributed by atoms with van der Waals surface area (Å²) in [5, 5.41) is 3.85. The molecule has 2 aromatic rings. The van der Waals surface area contributed by atoms with Crippen LogP contribution in [-0.2, 0) is 0 Å². The molecule has 104 valence electrons. The fraction of sp³-hybridized carbons (Fsp3) is 0.333. The topological polar surface area (TPSA) is 68.5 Å². The van der Waals surface area contributed by atoms with Gasteiger partial charge in [-0.05, 0) is 31.2 Å². The lowest BCUT2D eigenvalue weighted by atomic mass is 9.97. The number of hydrogen-bond donors (Lipinski definition) is 1. The van der Waals surface area contributed by atoms with E-state index in [2.05, 4.69) is 5.32 Å². The largest absolute Gasteiger partial charge is 0.497 e. The predicted octanol–water partition coefficient (Wildman–Crippen LogP) is 1.59. The molecule has 0 aliphatic carbocycles. The molecule has 2 heterocycles. The second-order valence-electron chi connectivity index (χ2n) is 4.91. The van der Waals surface area contributed by atoms with Gasteiger partial charge in [0, 0.05) is 23.9 Å². The Bertz CT molecular complexity index is 713. The summed E-state index contributed by atoms with van der Waals surface area (Å²) in [5.74, 6) is 0.342. The Morgan fingerprint density at radius 1 is 1.40 bits per heavy atom. The van der Waals surface area contributed by atoms with Crippen LogP contribution in [-0.4, -0.2) is 26.0 Å². The lowest BCUT2D eigenvalue weighted by Gasteiger charge is -2.07. The summed E-state index contributed by atoms with van der Waals surface area (Å²) in [4.78, 5) is 24.3. The minimum absolute atomic E-state index is 0.131. The number of fused-ring (bicyclic) bond motifs is 1. The van der Waals surface area contributed by atoms with Gasteiger partial charge in [-0.1, -0.05) is 0 Å². The van der Waals surface area contributed by atoms with Crippen LogP contribution in [0.2, 0.25) is 0 Å². The van der Waals surface area contributed by atoms with Crippen LogP contribution in [0.25, 0.3) is 11.0 Å². The molecule has 5 nitrogen and oxygen atoms in total. The number of hydrogen-bond acceptors (Lipinski definition) is 5. The van der Waals surface area contributed by atoms with E-state index in [-0.39, 0.29) is 17.3 Å².